The van der Waals surface area contributed by atoms with Crippen LogP contribution in [0.3, 0.4) is 0 Å². The molecule has 4 nitrogen and oxygen atoms in total. The average Bonchev–Trinajstić information content (AvgIpc) is 2.48. The number of hydrogen-bond donors (Lipinski definition) is 2. The van der Waals surface area contributed by atoms with E-state index in [9.17, 15) is 9.90 Å². The predicted molar refractivity (Wildman–Crippen MR) is 78.5 cm³/mol. The third-order valence-corrected chi connectivity index (χ3v) is 3.29. The lowest BCUT2D eigenvalue weighted by molar-refractivity contribution is 0.282. The molecule has 2 N–H and O–H groups in total. The predicted octanol–water partition coefficient (Wildman–Crippen LogP) is 2.39. The van der Waals surface area contributed by atoms with Crippen LogP contribution in [-0.2, 0) is 6.61 Å². The molecule has 0 saturated carbocycles. The molecule has 1 aromatic heterocycles. The Morgan fingerprint density at radius 3 is 2.65 bits per heavy atom. The van der Waals surface area contributed by atoms with Gasteiger partial charge in [-0.1, -0.05) is 30.3 Å². The number of hydrogen-bond acceptors (Lipinski definition) is 3. The number of aryl methyl sites for hydroxylation is 1. The lowest BCUT2D eigenvalue weighted by Crippen LogP contribution is -2.12. The van der Waals surface area contributed by atoms with E-state index < -0.39 is 0 Å². The van der Waals surface area contributed by atoms with Crippen molar-refractivity contribution in [1.29, 1.82) is 0 Å². The average molecular weight is 266 g/mol. The zero-order valence-electron chi connectivity index (χ0n) is 11.1. The Morgan fingerprint density at radius 1 is 1.20 bits per heavy atom. The van der Waals surface area contributed by atoms with Crippen LogP contribution in [0.1, 0.15) is 11.3 Å². The van der Waals surface area contributed by atoms with Gasteiger partial charge in [-0.15, -0.1) is 0 Å². The molecule has 3 rings (SSSR count). The van der Waals surface area contributed by atoms with E-state index in [0.717, 1.165) is 22.2 Å². The topological polar surface area (TPSA) is 66.0 Å². The van der Waals surface area contributed by atoms with Crippen molar-refractivity contribution in [3.63, 3.8) is 0 Å². The van der Waals surface area contributed by atoms with Crippen LogP contribution in [0.4, 0.5) is 0 Å². The number of aromatic amines is 1. The monoisotopic (exact) mass is 266 g/mol. The Balaban J connectivity index is 2.40. The van der Waals surface area contributed by atoms with Crippen LogP contribution in [0.2, 0.25) is 0 Å². The standard InChI is InChI=1S/C16H14N2O2/c1-10-16(20)18-14-8-11(9-19)7-13(15(14)17-10)12-5-3-2-4-6-12/h2-8,19H,9H2,1H3,(H,18,20). The van der Waals surface area contributed by atoms with Crippen LogP contribution in [0, 0.1) is 6.92 Å². The van der Waals surface area contributed by atoms with Crippen LogP contribution >= 0.6 is 0 Å². The van der Waals surface area contributed by atoms with Crippen molar-refractivity contribution in [1.82, 2.24) is 9.97 Å². The van der Waals surface area contributed by atoms with Gasteiger partial charge in [0.25, 0.3) is 5.56 Å². The molecule has 0 aliphatic heterocycles. The fraction of sp³-hybridized carbons (Fsp3) is 0.125. The number of nitrogens with one attached hydrogen (secondary N) is 1. The minimum atomic E-state index is -0.202. The van der Waals surface area contributed by atoms with E-state index in [-0.39, 0.29) is 12.2 Å². The van der Waals surface area contributed by atoms with E-state index in [2.05, 4.69) is 9.97 Å². The van der Waals surface area contributed by atoms with E-state index in [0.29, 0.717) is 11.2 Å². The Bertz CT molecular complexity index is 823. The van der Waals surface area contributed by atoms with Gasteiger partial charge in [-0.05, 0) is 30.2 Å². The summed E-state index contributed by atoms with van der Waals surface area (Å²) in [4.78, 5) is 18.9. The summed E-state index contributed by atoms with van der Waals surface area (Å²) in [6, 6.07) is 13.5. The molecule has 0 amide bonds. The Hall–Kier alpha value is -2.46. The van der Waals surface area contributed by atoms with Crippen molar-refractivity contribution < 1.29 is 5.11 Å². The van der Waals surface area contributed by atoms with Crippen molar-refractivity contribution in [2.24, 2.45) is 0 Å². The first-order chi connectivity index (χ1) is 9.69. The van der Waals surface area contributed by atoms with Crippen LogP contribution in [0.15, 0.2) is 47.3 Å². The van der Waals surface area contributed by atoms with Gasteiger partial charge in [0.15, 0.2) is 0 Å². The minimum absolute atomic E-state index is 0.0777. The summed E-state index contributed by atoms with van der Waals surface area (Å²) in [7, 11) is 0. The van der Waals surface area contributed by atoms with Crippen LogP contribution in [0.5, 0.6) is 0 Å². The number of aliphatic hydroxyl groups excluding tert-OH is 1. The number of H-pyrrole nitrogens is 1. The second kappa shape index (κ2) is 4.90. The van der Waals surface area contributed by atoms with Gasteiger partial charge in [-0.2, -0.15) is 0 Å². The quantitative estimate of drug-likeness (QED) is 0.748. The molecule has 4 heteroatoms. The van der Waals surface area contributed by atoms with Gasteiger partial charge in [-0.25, -0.2) is 4.98 Å². The molecule has 0 aliphatic carbocycles. The summed E-state index contributed by atoms with van der Waals surface area (Å²) in [6.45, 7) is 1.61. The van der Waals surface area contributed by atoms with Gasteiger partial charge in [0, 0.05) is 5.56 Å². The van der Waals surface area contributed by atoms with Gasteiger partial charge >= 0.3 is 0 Å². The molecule has 0 atom stereocenters. The number of fused-ring (bicyclic) bond motifs is 1. The van der Waals surface area contributed by atoms with Crippen molar-refractivity contribution in [2.45, 2.75) is 13.5 Å². The number of aromatic nitrogens is 2. The first-order valence-electron chi connectivity index (χ1n) is 6.39. The molecule has 3 aromatic rings. The molecule has 0 unspecified atom stereocenters. The smallest absolute Gasteiger partial charge is 0.269 e. The number of rotatable bonds is 2. The highest BCUT2D eigenvalue weighted by molar-refractivity contribution is 5.92. The summed E-state index contributed by atoms with van der Waals surface area (Å²) in [5.74, 6) is 0. The Labute approximate surface area is 115 Å². The van der Waals surface area contributed by atoms with Crippen LogP contribution in [-0.4, -0.2) is 15.1 Å². The zero-order valence-corrected chi connectivity index (χ0v) is 11.1. The van der Waals surface area contributed by atoms with E-state index in [4.69, 9.17) is 0 Å². The normalized spacial score (nSPS) is 10.9. The highest BCUT2D eigenvalue weighted by Gasteiger charge is 2.09. The van der Waals surface area contributed by atoms with Crippen molar-refractivity contribution in [3.8, 4) is 11.1 Å². The van der Waals surface area contributed by atoms with Crippen molar-refractivity contribution >= 4 is 11.0 Å². The SMILES string of the molecule is Cc1nc2c(-c3ccccc3)cc(CO)cc2[nH]c1=O. The second-order valence-electron chi connectivity index (χ2n) is 4.72. The molecular weight excluding hydrogens is 252 g/mol. The number of benzene rings is 2. The summed E-state index contributed by atoms with van der Waals surface area (Å²) in [6.07, 6.45) is 0. The molecule has 0 bridgehead atoms. The molecule has 0 fully saturated rings. The third kappa shape index (κ3) is 2.10. The van der Waals surface area contributed by atoms with E-state index in [1.54, 1.807) is 13.0 Å². The van der Waals surface area contributed by atoms with E-state index in [1.165, 1.54) is 0 Å². The summed E-state index contributed by atoms with van der Waals surface area (Å²) < 4.78 is 0. The van der Waals surface area contributed by atoms with Gasteiger partial charge in [0.1, 0.15) is 5.69 Å². The number of nitrogens with zero attached hydrogens (tertiary/aromatic N) is 1. The lowest BCUT2D eigenvalue weighted by atomic mass is 10.0. The highest BCUT2D eigenvalue weighted by Crippen LogP contribution is 2.27. The summed E-state index contributed by atoms with van der Waals surface area (Å²) in [5.41, 5.74) is 4.28. The first-order valence-corrected chi connectivity index (χ1v) is 6.39. The van der Waals surface area contributed by atoms with E-state index >= 15 is 0 Å². The van der Waals surface area contributed by atoms with Gasteiger partial charge < -0.3 is 10.1 Å². The maximum absolute atomic E-state index is 11.7. The summed E-state index contributed by atoms with van der Waals surface area (Å²) >= 11 is 0. The molecule has 0 aliphatic rings. The molecule has 2 aromatic carbocycles. The highest BCUT2D eigenvalue weighted by atomic mass is 16.3. The molecular formula is C16H14N2O2. The fourth-order valence-corrected chi connectivity index (χ4v) is 2.27. The first kappa shape index (κ1) is 12.6. The van der Waals surface area contributed by atoms with E-state index in [1.807, 2.05) is 36.4 Å². The minimum Gasteiger partial charge on any atom is -0.392 e. The molecule has 0 radical (unpaired) electrons. The molecule has 0 saturated heterocycles. The van der Waals surface area contributed by atoms with Gasteiger partial charge in [0.2, 0.25) is 0 Å². The molecule has 100 valence electrons. The van der Waals surface area contributed by atoms with Crippen molar-refractivity contribution in [3.05, 3.63) is 64.1 Å². The number of aliphatic hydroxyl groups is 1. The zero-order chi connectivity index (χ0) is 14.1. The lowest BCUT2D eigenvalue weighted by Gasteiger charge is -2.09. The largest absolute Gasteiger partial charge is 0.392 e. The molecule has 0 spiro atoms. The second-order valence-corrected chi connectivity index (χ2v) is 4.72. The molecule has 1 heterocycles. The summed E-state index contributed by atoms with van der Waals surface area (Å²) in [5, 5.41) is 9.38. The third-order valence-electron chi connectivity index (χ3n) is 3.29. The Morgan fingerprint density at radius 2 is 1.95 bits per heavy atom. The maximum atomic E-state index is 11.7. The maximum Gasteiger partial charge on any atom is 0.269 e. The fourth-order valence-electron chi connectivity index (χ4n) is 2.27. The molecule has 20 heavy (non-hydrogen) atoms. The van der Waals surface area contributed by atoms with Crippen LogP contribution < -0.4 is 5.56 Å². The van der Waals surface area contributed by atoms with Gasteiger partial charge in [-0.3, -0.25) is 4.79 Å². The van der Waals surface area contributed by atoms with Crippen LogP contribution in [0.25, 0.3) is 22.2 Å². The van der Waals surface area contributed by atoms with Crippen molar-refractivity contribution in [2.75, 3.05) is 0 Å². The Kier molecular flexibility index (Phi) is 3.08. The van der Waals surface area contributed by atoms with Gasteiger partial charge in [0.05, 0.1) is 17.6 Å².